The fraction of sp³-hybridized carbons (Fsp3) is 0.385. The molecule has 0 aliphatic heterocycles. The third-order valence-corrected chi connectivity index (χ3v) is 2.30. The van der Waals surface area contributed by atoms with Crippen LogP contribution in [0, 0.1) is 0 Å². The molecule has 1 aromatic carbocycles. The van der Waals surface area contributed by atoms with Gasteiger partial charge in [-0.15, -0.1) is 6.58 Å². The Labute approximate surface area is 96.9 Å². The van der Waals surface area contributed by atoms with E-state index in [4.69, 9.17) is 15.2 Å². The smallest absolute Gasteiger partial charge is 0.124 e. The summed E-state index contributed by atoms with van der Waals surface area (Å²) in [4.78, 5) is 0. The molecule has 0 fully saturated rings. The van der Waals surface area contributed by atoms with Crippen LogP contribution < -0.4 is 15.2 Å². The van der Waals surface area contributed by atoms with E-state index in [1.54, 1.807) is 7.11 Å². The van der Waals surface area contributed by atoms with Crippen LogP contribution >= 0.6 is 0 Å². The van der Waals surface area contributed by atoms with Crippen LogP contribution in [0.15, 0.2) is 30.9 Å². The molecule has 0 aliphatic rings. The zero-order chi connectivity index (χ0) is 11.8. The Hall–Kier alpha value is -1.48. The van der Waals surface area contributed by atoms with E-state index in [2.05, 4.69) is 6.58 Å². The lowest BCUT2D eigenvalue weighted by atomic mass is 10.2. The summed E-state index contributed by atoms with van der Waals surface area (Å²) in [5.41, 5.74) is 6.62. The van der Waals surface area contributed by atoms with E-state index in [9.17, 15) is 0 Å². The number of unbranched alkanes of at least 4 members (excludes halogenated alkanes) is 1. The molecule has 0 bridgehead atoms. The van der Waals surface area contributed by atoms with Crippen LogP contribution in [-0.2, 0) is 6.54 Å². The maximum Gasteiger partial charge on any atom is 0.124 e. The van der Waals surface area contributed by atoms with Crippen molar-refractivity contribution < 1.29 is 9.47 Å². The van der Waals surface area contributed by atoms with Gasteiger partial charge in [-0.05, 0) is 31.0 Å². The number of methoxy groups -OCH3 is 1. The lowest BCUT2D eigenvalue weighted by molar-refractivity contribution is 0.308. The van der Waals surface area contributed by atoms with Gasteiger partial charge in [0.05, 0.1) is 13.7 Å². The third-order valence-electron chi connectivity index (χ3n) is 2.30. The molecule has 3 heteroatoms. The highest BCUT2D eigenvalue weighted by molar-refractivity contribution is 5.40. The minimum atomic E-state index is 0.452. The molecule has 0 spiro atoms. The van der Waals surface area contributed by atoms with Gasteiger partial charge in [0.2, 0.25) is 0 Å². The quantitative estimate of drug-likeness (QED) is 0.568. The Bertz CT molecular complexity index is 337. The summed E-state index contributed by atoms with van der Waals surface area (Å²) in [5, 5.41) is 0. The highest BCUT2D eigenvalue weighted by atomic mass is 16.5. The van der Waals surface area contributed by atoms with Crippen LogP contribution in [0.3, 0.4) is 0 Å². The molecule has 3 nitrogen and oxygen atoms in total. The van der Waals surface area contributed by atoms with Crippen molar-refractivity contribution in [2.75, 3.05) is 13.7 Å². The molecule has 0 unspecified atom stereocenters. The number of hydrogen-bond donors (Lipinski definition) is 1. The largest absolute Gasteiger partial charge is 0.497 e. The van der Waals surface area contributed by atoms with Crippen molar-refractivity contribution in [1.29, 1.82) is 0 Å². The number of allylic oxidation sites excluding steroid dienone is 1. The first-order valence-electron chi connectivity index (χ1n) is 5.42. The van der Waals surface area contributed by atoms with E-state index in [-0.39, 0.29) is 0 Å². The molecule has 88 valence electrons. The first kappa shape index (κ1) is 12.6. The monoisotopic (exact) mass is 221 g/mol. The van der Waals surface area contributed by atoms with Gasteiger partial charge in [-0.1, -0.05) is 6.08 Å². The summed E-state index contributed by atoms with van der Waals surface area (Å²) >= 11 is 0. The SMILES string of the molecule is C=CCCCOc1ccc(OC)cc1CN. The van der Waals surface area contributed by atoms with Crippen molar-refractivity contribution in [3.8, 4) is 11.5 Å². The number of nitrogens with two attached hydrogens (primary N) is 1. The highest BCUT2D eigenvalue weighted by Gasteiger charge is 2.03. The number of hydrogen-bond acceptors (Lipinski definition) is 3. The maximum absolute atomic E-state index is 5.65. The van der Waals surface area contributed by atoms with Gasteiger partial charge in [-0.3, -0.25) is 0 Å². The van der Waals surface area contributed by atoms with Crippen LogP contribution in [0.5, 0.6) is 11.5 Å². The predicted molar refractivity (Wildman–Crippen MR) is 65.8 cm³/mol. The highest BCUT2D eigenvalue weighted by Crippen LogP contribution is 2.23. The second kappa shape index (κ2) is 6.90. The molecule has 0 saturated carbocycles. The molecule has 16 heavy (non-hydrogen) atoms. The lowest BCUT2D eigenvalue weighted by Gasteiger charge is -2.11. The fourth-order valence-electron chi connectivity index (χ4n) is 1.39. The molecule has 0 atom stereocenters. The minimum absolute atomic E-state index is 0.452. The summed E-state index contributed by atoms with van der Waals surface area (Å²) in [6, 6.07) is 5.68. The van der Waals surface area contributed by atoms with Crippen molar-refractivity contribution in [3.05, 3.63) is 36.4 Å². The van der Waals surface area contributed by atoms with Gasteiger partial charge in [-0.2, -0.15) is 0 Å². The van der Waals surface area contributed by atoms with Gasteiger partial charge in [-0.25, -0.2) is 0 Å². The second-order valence-corrected chi connectivity index (χ2v) is 3.46. The number of benzene rings is 1. The maximum atomic E-state index is 5.65. The first-order chi connectivity index (χ1) is 7.81. The van der Waals surface area contributed by atoms with Crippen molar-refractivity contribution in [2.24, 2.45) is 5.73 Å². The van der Waals surface area contributed by atoms with Crippen molar-refractivity contribution in [1.82, 2.24) is 0 Å². The first-order valence-corrected chi connectivity index (χ1v) is 5.42. The number of rotatable bonds is 7. The average molecular weight is 221 g/mol. The molecular weight excluding hydrogens is 202 g/mol. The summed E-state index contributed by atoms with van der Waals surface area (Å²) in [6.07, 6.45) is 3.83. The van der Waals surface area contributed by atoms with E-state index in [1.165, 1.54) is 0 Å². The van der Waals surface area contributed by atoms with Crippen LogP contribution in [0.25, 0.3) is 0 Å². The lowest BCUT2D eigenvalue weighted by Crippen LogP contribution is -2.04. The molecule has 2 N–H and O–H groups in total. The summed E-state index contributed by atoms with van der Waals surface area (Å²) < 4.78 is 10.8. The van der Waals surface area contributed by atoms with E-state index in [0.717, 1.165) is 29.9 Å². The van der Waals surface area contributed by atoms with Crippen LogP contribution in [0.1, 0.15) is 18.4 Å². The molecule has 0 amide bonds. The second-order valence-electron chi connectivity index (χ2n) is 3.46. The van der Waals surface area contributed by atoms with Gasteiger partial charge in [0.15, 0.2) is 0 Å². The van der Waals surface area contributed by atoms with E-state index < -0.39 is 0 Å². The molecule has 0 heterocycles. The molecule has 1 rings (SSSR count). The topological polar surface area (TPSA) is 44.5 Å². The molecule has 1 aromatic rings. The Balaban J connectivity index is 2.60. The zero-order valence-corrected chi connectivity index (χ0v) is 9.74. The fourth-order valence-corrected chi connectivity index (χ4v) is 1.39. The average Bonchev–Trinajstić information content (AvgIpc) is 2.34. The van der Waals surface area contributed by atoms with Gasteiger partial charge in [0.25, 0.3) is 0 Å². The van der Waals surface area contributed by atoms with Gasteiger partial charge in [0.1, 0.15) is 11.5 Å². The zero-order valence-electron chi connectivity index (χ0n) is 9.74. The minimum Gasteiger partial charge on any atom is -0.497 e. The van der Waals surface area contributed by atoms with Gasteiger partial charge < -0.3 is 15.2 Å². The number of ether oxygens (including phenoxy) is 2. The predicted octanol–water partition coefficient (Wildman–Crippen LogP) is 2.50. The van der Waals surface area contributed by atoms with Crippen LogP contribution in [-0.4, -0.2) is 13.7 Å². The van der Waals surface area contributed by atoms with E-state index in [0.29, 0.717) is 13.2 Å². The van der Waals surface area contributed by atoms with E-state index in [1.807, 2.05) is 24.3 Å². The van der Waals surface area contributed by atoms with E-state index >= 15 is 0 Å². The van der Waals surface area contributed by atoms with Crippen molar-refractivity contribution in [2.45, 2.75) is 19.4 Å². The normalized spacial score (nSPS) is 9.88. The molecule has 0 saturated heterocycles. The molecule has 0 aromatic heterocycles. The Kier molecular flexibility index (Phi) is 5.43. The van der Waals surface area contributed by atoms with Crippen LogP contribution in [0.2, 0.25) is 0 Å². The van der Waals surface area contributed by atoms with Gasteiger partial charge in [0, 0.05) is 12.1 Å². The Morgan fingerprint density at radius 1 is 1.44 bits per heavy atom. The molecular formula is C13H19NO2. The molecule has 0 aliphatic carbocycles. The van der Waals surface area contributed by atoms with Crippen molar-refractivity contribution in [3.63, 3.8) is 0 Å². The summed E-state index contributed by atoms with van der Waals surface area (Å²) in [7, 11) is 1.64. The standard InChI is InChI=1S/C13H19NO2/c1-3-4-5-8-16-13-7-6-12(15-2)9-11(13)10-14/h3,6-7,9H,1,4-5,8,10,14H2,2H3. The Morgan fingerprint density at radius 3 is 2.88 bits per heavy atom. The van der Waals surface area contributed by atoms with Crippen LogP contribution in [0.4, 0.5) is 0 Å². The summed E-state index contributed by atoms with van der Waals surface area (Å²) in [5.74, 6) is 1.64. The summed E-state index contributed by atoms with van der Waals surface area (Å²) in [6.45, 7) is 4.81. The Morgan fingerprint density at radius 2 is 2.25 bits per heavy atom. The van der Waals surface area contributed by atoms with Crippen molar-refractivity contribution >= 4 is 0 Å². The molecule has 0 radical (unpaired) electrons. The van der Waals surface area contributed by atoms with Gasteiger partial charge >= 0.3 is 0 Å². The third kappa shape index (κ3) is 3.59.